The maximum Gasteiger partial charge on any atom is 0.255 e. The van der Waals surface area contributed by atoms with Crippen LogP contribution in [0.1, 0.15) is 24.2 Å². The number of hydrogen-bond acceptors (Lipinski definition) is 5. The van der Waals surface area contributed by atoms with Crippen LogP contribution in [0.25, 0.3) is 0 Å². The molecule has 0 saturated heterocycles. The molecule has 0 aliphatic carbocycles. The molecule has 31 heavy (non-hydrogen) atoms. The van der Waals surface area contributed by atoms with Crippen molar-refractivity contribution in [3.05, 3.63) is 78.4 Å². The SMILES string of the molecule is CC(=O)Nc1ccc(N=Nc2ccc(NC(=O)c3ccc(NC(C)=O)cc3)cc2)cc1. The molecule has 0 aliphatic rings. The number of anilines is 3. The van der Waals surface area contributed by atoms with Crippen LogP contribution in [0, 0.1) is 0 Å². The van der Waals surface area contributed by atoms with Gasteiger partial charge in [-0.2, -0.15) is 10.2 Å². The van der Waals surface area contributed by atoms with Crippen LogP contribution in [0.4, 0.5) is 28.4 Å². The summed E-state index contributed by atoms with van der Waals surface area (Å²) in [5, 5.41) is 16.5. The maximum atomic E-state index is 12.4. The van der Waals surface area contributed by atoms with Crippen LogP contribution in [0.15, 0.2) is 83.0 Å². The Balaban J connectivity index is 1.58. The Morgan fingerprint density at radius 1 is 0.548 bits per heavy atom. The fourth-order valence-electron chi connectivity index (χ4n) is 2.65. The third kappa shape index (κ3) is 6.60. The molecule has 0 aliphatic heterocycles. The van der Waals surface area contributed by atoms with E-state index < -0.39 is 0 Å². The van der Waals surface area contributed by atoms with Gasteiger partial charge in [0.25, 0.3) is 5.91 Å². The van der Waals surface area contributed by atoms with Crippen molar-refractivity contribution in [3.8, 4) is 0 Å². The normalized spacial score (nSPS) is 10.5. The van der Waals surface area contributed by atoms with Crippen LogP contribution in [-0.4, -0.2) is 17.7 Å². The van der Waals surface area contributed by atoms with Gasteiger partial charge in [0.05, 0.1) is 11.4 Å². The predicted octanol–water partition coefficient (Wildman–Crippen LogP) is 5.27. The highest BCUT2D eigenvalue weighted by atomic mass is 16.2. The standard InChI is InChI=1S/C23H21N5O3/c1-15(29)24-18-5-3-17(4-6-18)23(31)26-20-9-13-22(14-10-20)28-27-21-11-7-19(8-12-21)25-16(2)30/h3-14H,1-2H3,(H,24,29)(H,25,30)(H,26,31). The van der Waals surface area contributed by atoms with Gasteiger partial charge >= 0.3 is 0 Å². The molecule has 156 valence electrons. The van der Waals surface area contributed by atoms with E-state index in [1.54, 1.807) is 72.8 Å². The van der Waals surface area contributed by atoms with Crippen LogP contribution in [0.5, 0.6) is 0 Å². The Kier molecular flexibility index (Phi) is 6.85. The summed E-state index contributed by atoms with van der Waals surface area (Å²) in [6, 6.07) is 20.6. The van der Waals surface area contributed by atoms with E-state index in [1.165, 1.54) is 13.8 Å². The summed E-state index contributed by atoms with van der Waals surface area (Å²) in [6.07, 6.45) is 0. The Morgan fingerprint density at radius 2 is 0.903 bits per heavy atom. The van der Waals surface area contributed by atoms with E-state index in [0.717, 1.165) is 0 Å². The molecule has 0 atom stereocenters. The third-order valence-corrected chi connectivity index (χ3v) is 4.06. The number of benzene rings is 3. The number of amides is 3. The number of hydrogen-bond donors (Lipinski definition) is 3. The van der Waals surface area contributed by atoms with Crippen molar-refractivity contribution in [2.24, 2.45) is 10.2 Å². The lowest BCUT2D eigenvalue weighted by Gasteiger charge is -2.07. The van der Waals surface area contributed by atoms with Crippen LogP contribution in [0.3, 0.4) is 0 Å². The molecule has 0 unspecified atom stereocenters. The first kappa shape index (κ1) is 21.4. The van der Waals surface area contributed by atoms with E-state index in [2.05, 4.69) is 26.2 Å². The van der Waals surface area contributed by atoms with Crippen LogP contribution in [0.2, 0.25) is 0 Å². The van der Waals surface area contributed by atoms with E-state index in [4.69, 9.17) is 0 Å². The average Bonchev–Trinajstić information content (AvgIpc) is 2.74. The Labute approximate surface area is 179 Å². The summed E-state index contributed by atoms with van der Waals surface area (Å²) in [6.45, 7) is 2.87. The van der Waals surface area contributed by atoms with Gasteiger partial charge in [0.2, 0.25) is 11.8 Å². The fourth-order valence-corrected chi connectivity index (χ4v) is 2.65. The largest absolute Gasteiger partial charge is 0.326 e. The number of nitrogens with one attached hydrogen (secondary N) is 3. The first-order valence-corrected chi connectivity index (χ1v) is 9.47. The molecule has 3 rings (SSSR count). The summed E-state index contributed by atoms with van der Waals surface area (Å²) < 4.78 is 0. The second kappa shape index (κ2) is 9.93. The van der Waals surface area contributed by atoms with Gasteiger partial charge in [-0.25, -0.2) is 0 Å². The molecular formula is C23H21N5O3. The van der Waals surface area contributed by atoms with Gasteiger partial charge in [0.1, 0.15) is 0 Å². The quantitative estimate of drug-likeness (QED) is 0.477. The van der Waals surface area contributed by atoms with Crippen molar-refractivity contribution in [2.75, 3.05) is 16.0 Å². The minimum absolute atomic E-state index is 0.136. The summed E-state index contributed by atoms with van der Waals surface area (Å²) in [5.41, 5.74) is 3.69. The molecule has 3 aromatic carbocycles. The van der Waals surface area contributed by atoms with Crippen LogP contribution in [-0.2, 0) is 9.59 Å². The number of carbonyl (C=O) groups is 3. The van der Waals surface area contributed by atoms with Crippen molar-refractivity contribution in [1.29, 1.82) is 0 Å². The fraction of sp³-hybridized carbons (Fsp3) is 0.0870. The van der Waals surface area contributed by atoms with Gasteiger partial charge in [-0.1, -0.05) is 0 Å². The summed E-state index contributed by atoms with van der Waals surface area (Å²) in [7, 11) is 0. The summed E-state index contributed by atoms with van der Waals surface area (Å²) in [4.78, 5) is 34.5. The van der Waals surface area contributed by atoms with Gasteiger partial charge in [-0.15, -0.1) is 0 Å². The van der Waals surface area contributed by atoms with E-state index in [1.807, 2.05) is 0 Å². The molecule has 0 heterocycles. The predicted molar refractivity (Wildman–Crippen MR) is 120 cm³/mol. The highest BCUT2D eigenvalue weighted by Gasteiger charge is 2.06. The van der Waals surface area contributed by atoms with E-state index in [-0.39, 0.29) is 17.7 Å². The van der Waals surface area contributed by atoms with Gasteiger partial charge in [0, 0.05) is 36.5 Å². The minimum atomic E-state index is -0.261. The first-order valence-electron chi connectivity index (χ1n) is 9.47. The van der Waals surface area contributed by atoms with Gasteiger partial charge in [0.15, 0.2) is 0 Å². The summed E-state index contributed by atoms with van der Waals surface area (Å²) >= 11 is 0. The average molecular weight is 415 g/mol. The van der Waals surface area contributed by atoms with Gasteiger partial charge in [-0.05, 0) is 72.8 Å². The lowest BCUT2D eigenvalue weighted by atomic mass is 10.2. The molecule has 0 radical (unpaired) electrons. The molecule has 0 aromatic heterocycles. The molecule has 0 saturated carbocycles. The molecule has 0 bridgehead atoms. The molecule has 3 N–H and O–H groups in total. The molecule has 3 aromatic rings. The molecule has 8 nitrogen and oxygen atoms in total. The molecule has 8 heteroatoms. The van der Waals surface area contributed by atoms with E-state index >= 15 is 0 Å². The first-order chi connectivity index (χ1) is 14.9. The second-order valence-corrected chi connectivity index (χ2v) is 6.69. The van der Waals surface area contributed by atoms with Crippen molar-refractivity contribution in [3.63, 3.8) is 0 Å². The zero-order valence-corrected chi connectivity index (χ0v) is 17.0. The molecule has 0 fully saturated rings. The number of nitrogens with zero attached hydrogens (tertiary/aromatic N) is 2. The maximum absolute atomic E-state index is 12.4. The minimum Gasteiger partial charge on any atom is -0.326 e. The van der Waals surface area contributed by atoms with E-state index in [0.29, 0.717) is 34.0 Å². The Morgan fingerprint density at radius 3 is 1.29 bits per heavy atom. The summed E-state index contributed by atoms with van der Waals surface area (Å²) in [5.74, 6) is -0.567. The lowest BCUT2D eigenvalue weighted by Crippen LogP contribution is -2.12. The smallest absolute Gasteiger partial charge is 0.255 e. The van der Waals surface area contributed by atoms with E-state index in [9.17, 15) is 14.4 Å². The number of carbonyl (C=O) groups excluding carboxylic acids is 3. The van der Waals surface area contributed by atoms with Crippen molar-refractivity contribution >= 4 is 46.2 Å². The van der Waals surface area contributed by atoms with Crippen molar-refractivity contribution in [2.45, 2.75) is 13.8 Å². The van der Waals surface area contributed by atoms with Gasteiger partial charge in [-0.3, -0.25) is 14.4 Å². The van der Waals surface area contributed by atoms with Crippen LogP contribution >= 0.6 is 0 Å². The topological polar surface area (TPSA) is 112 Å². The molecule has 3 amide bonds. The molecular weight excluding hydrogens is 394 g/mol. The zero-order chi connectivity index (χ0) is 22.2. The Bertz CT molecular complexity index is 1110. The Hall–Kier alpha value is -4.33. The highest BCUT2D eigenvalue weighted by Crippen LogP contribution is 2.22. The van der Waals surface area contributed by atoms with Crippen molar-refractivity contribution < 1.29 is 14.4 Å². The second-order valence-electron chi connectivity index (χ2n) is 6.69. The van der Waals surface area contributed by atoms with Gasteiger partial charge < -0.3 is 16.0 Å². The third-order valence-electron chi connectivity index (χ3n) is 4.06. The molecule has 0 spiro atoms. The number of azo groups is 1. The monoisotopic (exact) mass is 415 g/mol. The highest BCUT2D eigenvalue weighted by molar-refractivity contribution is 6.04. The zero-order valence-electron chi connectivity index (χ0n) is 17.0. The number of rotatable bonds is 6. The van der Waals surface area contributed by atoms with Crippen LogP contribution < -0.4 is 16.0 Å². The van der Waals surface area contributed by atoms with Crippen molar-refractivity contribution in [1.82, 2.24) is 0 Å². The lowest BCUT2D eigenvalue weighted by molar-refractivity contribution is -0.115.